The quantitative estimate of drug-likeness (QED) is 0.786. The van der Waals surface area contributed by atoms with Crippen LogP contribution in [0.3, 0.4) is 0 Å². The zero-order valence-corrected chi connectivity index (χ0v) is 10.2. The maximum Gasteiger partial charge on any atom is 0.306 e. The van der Waals surface area contributed by atoms with Gasteiger partial charge in [0.15, 0.2) is 0 Å². The smallest absolute Gasteiger partial charge is 0.306 e. The summed E-state index contributed by atoms with van der Waals surface area (Å²) in [7, 11) is 0. The molecular weight excluding hydrogens is 237 g/mol. The maximum atomic E-state index is 13.2. The summed E-state index contributed by atoms with van der Waals surface area (Å²) in [6, 6.07) is 6.21. The lowest BCUT2D eigenvalue weighted by molar-refractivity contribution is -0.144. The van der Waals surface area contributed by atoms with E-state index in [9.17, 15) is 14.0 Å². The zero-order valence-electron chi connectivity index (χ0n) is 10.2. The van der Waals surface area contributed by atoms with E-state index in [1.807, 2.05) is 0 Å². The van der Waals surface area contributed by atoms with Crippen LogP contribution in [0, 0.1) is 5.82 Å². The molecule has 1 amide bonds. The van der Waals surface area contributed by atoms with Crippen molar-refractivity contribution in [3.8, 4) is 0 Å². The van der Waals surface area contributed by atoms with Crippen LogP contribution in [-0.2, 0) is 20.9 Å². The molecule has 0 spiro atoms. The van der Waals surface area contributed by atoms with Crippen molar-refractivity contribution >= 4 is 11.9 Å². The van der Waals surface area contributed by atoms with Gasteiger partial charge >= 0.3 is 5.97 Å². The Labute approximate surface area is 105 Å². The molecule has 1 N–H and O–H groups in total. The van der Waals surface area contributed by atoms with Crippen LogP contribution in [0.15, 0.2) is 24.3 Å². The number of halogens is 1. The lowest BCUT2D eigenvalue weighted by atomic mass is 10.2. The number of nitrogens with one attached hydrogen (secondary N) is 1. The van der Waals surface area contributed by atoms with Crippen molar-refractivity contribution in [2.75, 3.05) is 6.61 Å². The number of carbonyl (C=O) groups is 2. The number of amides is 1. The van der Waals surface area contributed by atoms with Crippen molar-refractivity contribution in [2.24, 2.45) is 0 Å². The zero-order chi connectivity index (χ0) is 13.4. The fourth-order valence-electron chi connectivity index (χ4n) is 1.37. The Morgan fingerprint density at radius 3 is 2.67 bits per heavy atom. The number of ether oxygens (including phenoxy) is 1. The maximum absolute atomic E-state index is 13.2. The molecule has 0 saturated heterocycles. The average Bonchev–Trinajstić information content (AvgIpc) is 2.36. The molecule has 98 valence electrons. The van der Waals surface area contributed by atoms with Gasteiger partial charge in [0.05, 0.1) is 13.0 Å². The van der Waals surface area contributed by atoms with E-state index in [1.54, 1.807) is 25.1 Å². The van der Waals surface area contributed by atoms with Crippen molar-refractivity contribution in [1.29, 1.82) is 0 Å². The Kier molecular flexibility index (Phi) is 5.84. The predicted octanol–water partition coefficient (Wildman–Crippen LogP) is 1.79. The largest absolute Gasteiger partial charge is 0.466 e. The van der Waals surface area contributed by atoms with Crippen LogP contribution in [0.5, 0.6) is 0 Å². The van der Waals surface area contributed by atoms with E-state index in [1.165, 1.54) is 6.07 Å². The van der Waals surface area contributed by atoms with E-state index >= 15 is 0 Å². The highest BCUT2D eigenvalue weighted by atomic mass is 19.1. The lowest BCUT2D eigenvalue weighted by Gasteiger charge is -2.06. The van der Waals surface area contributed by atoms with Crippen molar-refractivity contribution in [3.05, 3.63) is 35.6 Å². The van der Waals surface area contributed by atoms with Gasteiger partial charge in [0.25, 0.3) is 0 Å². The van der Waals surface area contributed by atoms with E-state index in [-0.39, 0.29) is 31.1 Å². The van der Waals surface area contributed by atoms with E-state index in [0.29, 0.717) is 12.2 Å². The highest BCUT2D eigenvalue weighted by molar-refractivity contribution is 5.81. The van der Waals surface area contributed by atoms with Gasteiger partial charge in [-0.3, -0.25) is 9.59 Å². The minimum absolute atomic E-state index is 0.0386. The standard InChI is InChI=1S/C13H16FNO3/c1-2-18-13(17)8-7-12(16)15-9-10-5-3-4-6-11(10)14/h3-6H,2,7-9H2,1H3,(H,15,16). The van der Waals surface area contributed by atoms with E-state index < -0.39 is 5.97 Å². The van der Waals surface area contributed by atoms with Gasteiger partial charge in [0.2, 0.25) is 5.91 Å². The number of esters is 1. The molecule has 0 aliphatic carbocycles. The Morgan fingerprint density at radius 1 is 1.28 bits per heavy atom. The van der Waals surface area contributed by atoms with Gasteiger partial charge in [-0.2, -0.15) is 0 Å². The topological polar surface area (TPSA) is 55.4 Å². The molecule has 1 aromatic carbocycles. The SMILES string of the molecule is CCOC(=O)CCC(=O)NCc1ccccc1F. The second-order valence-corrected chi connectivity index (χ2v) is 3.67. The normalized spacial score (nSPS) is 9.89. The van der Waals surface area contributed by atoms with Gasteiger partial charge in [-0.1, -0.05) is 18.2 Å². The lowest BCUT2D eigenvalue weighted by Crippen LogP contribution is -2.24. The molecular formula is C13H16FNO3. The molecule has 0 radical (unpaired) electrons. The van der Waals surface area contributed by atoms with Crippen LogP contribution < -0.4 is 5.32 Å². The third kappa shape index (κ3) is 4.95. The summed E-state index contributed by atoms with van der Waals surface area (Å²) in [4.78, 5) is 22.4. The molecule has 0 aliphatic heterocycles. The van der Waals surface area contributed by atoms with Gasteiger partial charge < -0.3 is 10.1 Å². The Bertz CT molecular complexity index is 420. The summed E-state index contributed by atoms with van der Waals surface area (Å²) in [6.45, 7) is 2.13. The van der Waals surface area contributed by atoms with Gasteiger partial charge in [-0.05, 0) is 13.0 Å². The summed E-state index contributed by atoms with van der Waals surface area (Å²) in [5.41, 5.74) is 0.419. The molecule has 0 saturated carbocycles. The first-order chi connectivity index (χ1) is 8.63. The third-order valence-corrected chi connectivity index (χ3v) is 2.30. The molecule has 5 heteroatoms. The molecule has 0 atom stereocenters. The first-order valence-corrected chi connectivity index (χ1v) is 5.79. The van der Waals surface area contributed by atoms with E-state index in [2.05, 4.69) is 5.32 Å². The van der Waals surface area contributed by atoms with E-state index in [0.717, 1.165) is 0 Å². The molecule has 0 heterocycles. The van der Waals surface area contributed by atoms with Crippen LogP contribution in [-0.4, -0.2) is 18.5 Å². The molecule has 1 aromatic rings. The van der Waals surface area contributed by atoms with Crippen molar-refractivity contribution in [1.82, 2.24) is 5.32 Å². The number of carbonyl (C=O) groups excluding carboxylic acids is 2. The fraction of sp³-hybridized carbons (Fsp3) is 0.385. The molecule has 1 rings (SSSR count). The summed E-state index contributed by atoms with van der Waals surface area (Å²) in [5, 5.41) is 2.55. The Hall–Kier alpha value is -1.91. The van der Waals surface area contributed by atoms with Crippen molar-refractivity contribution in [2.45, 2.75) is 26.3 Å². The highest BCUT2D eigenvalue weighted by Crippen LogP contribution is 2.05. The number of rotatable bonds is 6. The Balaban J connectivity index is 2.29. The van der Waals surface area contributed by atoms with Crippen LogP contribution in [0.25, 0.3) is 0 Å². The van der Waals surface area contributed by atoms with Gasteiger partial charge in [-0.15, -0.1) is 0 Å². The molecule has 0 aromatic heterocycles. The molecule has 0 unspecified atom stereocenters. The summed E-state index contributed by atoms with van der Waals surface area (Å²) in [5.74, 6) is -1.06. The molecule has 0 aliphatic rings. The molecule has 18 heavy (non-hydrogen) atoms. The van der Waals surface area contributed by atoms with Gasteiger partial charge in [0, 0.05) is 18.5 Å². The highest BCUT2D eigenvalue weighted by Gasteiger charge is 2.08. The summed E-state index contributed by atoms with van der Waals surface area (Å²) >= 11 is 0. The second-order valence-electron chi connectivity index (χ2n) is 3.67. The van der Waals surface area contributed by atoms with Gasteiger partial charge in [0.1, 0.15) is 5.82 Å². The van der Waals surface area contributed by atoms with E-state index in [4.69, 9.17) is 4.74 Å². The number of hydrogen-bond acceptors (Lipinski definition) is 3. The van der Waals surface area contributed by atoms with Crippen LogP contribution in [0.2, 0.25) is 0 Å². The first-order valence-electron chi connectivity index (χ1n) is 5.79. The van der Waals surface area contributed by atoms with Crippen LogP contribution >= 0.6 is 0 Å². The van der Waals surface area contributed by atoms with Crippen molar-refractivity contribution in [3.63, 3.8) is 0 Å². The molecule has 4 nitrogen and oxygen atoms in total. The van der Waals surface area contributed by atoms with Gasteiger partial charge in [-0.25, -0.2) is 4.39 Å². The average molecular weight is 253 g/mol. The van der Waals surface area contributed by atoms with Crippen LogP contribution in [0.1, 0.15) is 25.3 Å². The fourth-order valence-corrected chi connectivity index (χ4v) is 1.37. The second kappa shape index (κ2) is 7.42. The summed E-state index contributed by atoms with van der Waals surface area (Å²) < 4.78 is 17.9. The predicted molar refractivity (Wildman–Crippen MR) is 64.1 cm³/mol. The number of benzene rings is 1. The van der Waals surface area contributed by atoms with Crippen molar-refractivity contribution < 1.29 is 18.7 Å². The minimum atomic E-state index is -0.404. The monoisotopic (exact) mass is 253 g/mol. The first kappa shape index (κ1) is 14.2. The van der Waals surface area contributed by atoms with Crippen LogP contribution in [0.4, 0.5) is 4.39 Å². The molecule has 0 fully saturated rings. The Morgan fingerprint density at radius 2 is 2.00 bits per heavy atom. The summed E-state index contributed by atoms with van der Waals surface area (Å²) in [6.07, 6.45) is 0.0875. The molecule has 0 bridgehead atoms. The number of hydrogen-bond donors (Lipinski definition) is 1. The third-order valence-electron chi connectivity index (χ3n) is 2.30. The minimum Gasteiger partial charge on any atom is -0.466 e.